The zero-order chi connectivity index (χ0) is 28.2. The molecule has 7 heterocycles. The van der Waals surface area contributed by atoms with Crippen LogP contribution in [-0.4, -0.2) is 63.3 Å². The summed E-state index contributed by atoms with van der Waals surface area (Å²) in [7, 11) is 0. The first-order valence-corrected chi connectivity index (χ1v) is 15.4. The number of alkyl halides is 2. The highest BCUT2D eigenvalue weighted by Gasteiger charge is 2.42. The SMILES string of the molecule is C[C@H]1N=C2NNC(OCCCCCCN3CCC(CC3)C(F)(F)c3cccc1c3)c1cc(N3CCOCC3)ccc12. The van der Waals surface area contributed by atoms with Crippen molar-refractivity contribution in [3.05, 3.63) is 64.7 Å². The zero-order valence-electron chi connectivity index (χ0n) is 24.1. The van der Waals surface area contributed by atoms with Crippen molar-refractivity contribution >= 4 is 11.5 Å². The molecule has 0 aliphatic carbocycles. The van der Waals surface area contributed by atoms with Gasteiger partial charge in [0.25, 0.3) is 5.92 Å². The number of benzene rings is 2. The summed E-state index contributed by atoms with van der Waals surface area (Å²) < 4.78 is 43.4. The minimum atomic E-state index is -2.86. The fourth-order valence-electron chi connectivity index (χ4n) is 6.53. The Morgan fingerprint density at radius 3 is 2.54 bits per heavy atom. The van der Waals surface area contributed by atoms with Gasteiger partial charge in [0.15, 0.2) is 6.23 Å². The number of nitrogens with one attached hydrogen (secondary N) is 2. The molecule has 6 bridgehead atoms. The fourth-order valence-corrected chi connectivity index (χ4v) is 6.53. The van der Waals surface area contributed by atoms with E-state index < -0.39 is 11.8 Å². The molecule has 7 aliphatic heterocycles. The van der Waals surface area contributed by atoms with E-state index in [1.165, 1.54) is 0 Å². The first-order valence-electron chi connectivity index (χ1n) is 15.4. The number of hydrogen-bond donors (Lipinski definition) is 2. The van der Waals surface area contributed by atoms with E-state index in [1.807, 2.05) is 13.0 Å². The minimum Gasteiger partial charge on any atom is -0.378 e. The second-order valence-electron chi connectivity index (χ2n) is 11.8. The average Bonchev–Trinajstić information content (AvgIpc) is 3.01. The summed E-state index contributed by atoms with van der Waals surface area (Å²) >= 11 is 0. The van der Waals surface area contributed by atoms with Crippen molar-refractivity contribution in [3.8, 4) is 0 Å². The molecule has 7 nitrogen and oxygen atoms in total. The molecular formula is C32H43F2N5O2. The van der Waals surface area contributed by atoms with E-state index >= 15 is 8.78 Å². The van der Waals surface area contributed by atoms with E-state index in [0.717, 1.165) is 94.0 Å². The van der Waals surface area contributed by atoms with Crippen LogP contribution in [0.15, 0.2) is 47.5 Å². The standard InChI is InChI=1S/C32H43F2N5O2/c1-23-24-7-6-8-26(21-24)32(33,34)25-11-14-38(15-12-25)13-4-2-3-5-18-41-31-29-22-27(39-16-19-40-20-17-39)9-10-28(29)30(35-23)36-37-31/h6-10,21-23,25,31,37H,2-5,11-20H2,1H3,(H,35,36)/t23-,31?/m1/s1. The lowest BCUT2D eigenvalue weighted by Crippen LogP contribution is -2.47. The van der Waals surface area contributed by atoms with Gasteiger partial charge >= 0.3 is 0 Å². The molecular weight excluding hydrogens is 524 g/mol. The zero-order valence-corrected chi connectivity index (χ0v) is 24.1. The number of amidine groups is 1. The topological polar surface area (TPSA) is 61.4 Å². The monoisotopic (exact) mass is 567 g/mol. The molecule has 41 heavy (non-hydrogen) atoms. The Hall–Kier alpha value is -2.59. The van der Waals surface area contributed by atoms with Crippen LogP contribution in [-0.2, 0) is 15.4 Å². The number of nitrogens with zero attached hydrogens (tertiary/aromatic N) is 3. The van der Waals surface area contributed by atoms with Crippen LogP contribution in [0, 0.1) is 5.92 Å². The first kappa shape index (κ1) is 28.5. The summed E-state index contributed by atoms with van der Waals surface area (Å²) in [6.07, 6.45) is 5.04. The Kier molecular flexibility index (Phi) is 8.86. The Balaban J connectivity index is 1.32. The number of halogens is 2. The summed E-state index contributed by atoms with van der Waals surface area (Å²) in [5.74, 6) is -2.79. The van der Waals surface area contributed by atoms with Gasteiger partial charge in [-0.05, 0) is 82.1 Å². The van der Waals surface area contributed by atoms with Crippen LogP contribution in [0.3, 0.4) is 0 Å². The van der Waals surface area contributed by atoms with Gasteiger partial charge in [0.05, 0.1) is 19.3 Å². The van der Waals surface area contributed by atoms with Gasteiger partial charge < -0.3 is 24.7 Å². The van der Waals surface area contributed by atoms with Gasteiger partial charge in [-0.15, -0.1) is 0 Å². The van der Waals surface area contributed by atoms with Crippen LogP contribution >= 0.6 is 0 Å². The van der Waals surface area contributed by atoms with E-state index in [0.29, 0.717) is 25.3 Å². The average molecular weight is 568 g/mol. The van der Waals surface area contributed by atoms with Gasteiger partial charge in [0.1, 0.15) is 5.84 Å². The normalized spacial score (nSPS) is 29.1. The van der Waals surface area contributed by atoms with Crippen LogP contribution < -0.4 is 15.8 Å². The van der Waals surface area contributed by atoms with Crippen LogP contribution in [0.25, 0.3) is 0 Å². The highest BCUT2D eigenvalue weighted by Crippen LogP contribution is 2.42. The molecule has 222 valence electrons. The maximum absolute atomic E-state index is 15.8. The number of rotatable bonds is 1. The van der Waals surface area contributed by atoms with E-state index in [-0.39, 0.29) is 17.8 Å². The number of hydrogen-bond acceptors (Lipinski definition) is 7. The Bertz CT molecular complexity index is 1210. The van der Waals surface area contributed by atoms with Crippen molar-refractivity contribution in [2.45, 2.75) is 63.6 Å². The molecule has 1 unspecified atom stereocenters. The lowest BCUT2D eigenvalue weighted by Gasteiger charge is -2.36. The van der Waals surface area contributed by atoms with Crippen LogP contribution in [0.4, 0.5) is 14.5 Å². The lowest BCUT2D eigenvalue weighted by atomic mass is 9.85. The predicted molar refractivity (Wildman–Crippen MR) is 157 cm³/mol. The quantitative estimate of drug-likeness (QED) is 0.473. The van der Waals surface area contributed by atoms with Crippen LogP contribution in [0.1, 0.15) is 80.0 Å². The Morgan fingerprint density at radius 1 is 0.902 bits per heavy atom. The van der Waals surface area contributed by atoms with Crippen molar-refractivity contribution in [2.24, 2.45) is 10.9 Å². The molecule has 0 spiro atoms. The Labute approximate surface area is 242 Å². The van der Waals surface area contributed by atoms with Crippen molar-refractivity contribution in [3.63, 3.8) is 0 Å². The summed E-state index contributed by atoms with van der Waals surface area (Å²) in [5.41, 5.74) is 10.6. The lowest BCUT2D eigenvalue weighted by molar-refractivity contribution is -0.0855. The van der Waals surface area contributed by atoms with Gasteiger partial charge in [-0.3, -0.25) is 4.99 Å². The molecule has 9 rings (SSSR count). The van der Waals surface area contributed by atoms with Crippen molar-refractivity contribution < 1.29 is 18.3 Å². The summed E-state index contributed by atoms with van der Waals surface area (Å²) in [4.78, 5) is 9.69. The van der Waals surface area contributed by atoms with E-state index in [4.69, 9.17) is 14.5 Å². The third-order valence-electron chi connectivity index (χ3n) is 9.10. The van der Waals surface area contributed by atoms with Crippen LogP contribution in [0.2, 0.25) is 0 Å². The van der Waals surface area contributed by atoms with E-state index in [1.54, 1.807) is 18.2 Å². The largest absolute Gasteiger partial charge is 0.378 e. The number of hydrazine groups is 1. The molecule has 2 aromatic carbocycles. The molecule has 2 N–H and O–H groups in total. The maximum atomic E-state index is 15.8. The molecule has 0 radical (unpaired) electrons. The maximum Gasteiger partial charge on any atom is 0.276 e. The van der Waals surface area contributed by atoms with E-state index in [9.17, 15) is 0 Å². The van der Waals surface area contributed by atoms with Crippen molar-refractivity contribution in [1.29, 1.82) is 0 Å². The minimum absolute atomic E-state index is 0.102. The second kappa shape index (κ2) is 12.7. The molecule has 2 atom stereocenters. The van der Waals surface area contributed by atoms with Gasteiger partial charge in [0.2, 0.25) is 0 Å². The molecule has 0 amide bonds. The van der Waals surface area contributed by atoms with Crippen LogP contribution in [0.5, 0.6) is 0 Å². The third kappa shape index (κ3) is 6.43. The van der Waals surface area contributed by atoms with E-state index in [2.05, 4.69) is 38.9 Å². The number of ether oxygens (including phenoxy) is 2. The molecule has 2 aromatic rings. The number of morpholine rings is 1. The van der Waals surface area contributed by atoms with Gasteiger partial charge in [0, 0.05) is 48.0 Å². The molecule has 9 heteroatoms. The van der Waals surface area contributed by atoms with Gasteiger partial charge in [-0.1, -0.05) is 31.0 Å². The Morgan fingerprint density at radius 2 is 1.71 bits per heavy atom. The summed E-state index contributed by atoms with van der Waals surface area (Å²) in [6.45, 7) is 8.25. The molecule has 2 fully saturated rings. The molecule has 7 aliphatic rings. The van der Waals surface area contributed by atoms with Crippen molar-refractivity contribution in [1.82, 2.24) is 15.8 Å². The highest BCUT2D eigenvalue weighted by atomic mass is 19.3. The fraction of sp³-hybridized carbons (Fsp3) is 0.594. The number of anilines is 1. The van der Waals surface area contributed by atoms with Gasteiger partial charge in [-0.25, -0.2) is 14.2 Å². The van der Waals surface area contributed by atoms with Crippen molar-refractivity contribution in [2.75, 3.05) is 57.4 Å². The van der Waals surface area contributed by atoms with Gasteiger partial charge in [-0.2, -0.15) is 0 Å². The molecule has 0 aromatic heterocycles. The smallest absolute Gasteiger partial charge is 0.276 e. The first-order chi connectivity index (χ1) is 20.0. The second-order valence-corrected chi connectivity index (χ2v) is 11.8. The summed E-state index contributed by atoms with van der Waals surface area (Å²) in [5, 5.41) is 0. The predicted octanol–water partition coefficient (Wildman–Crippen LogP) is 5.53. The third-order valence-corrected chi connectivity index (χ3v) is 9.10. The highest BCUT2D eigenvalue weighted by molar-refractivity contribution is 6.01. The number of aliphatic imine (C=N–C) groups is 1. The molecule has 2 saturated heterocycles. The summed E-state index contributed by atoms with van der Waals surface area (Å²) in [6, 6.07) is 13.0. The molecule has 0 saturated carbocycles. The number of piperidine rings is 1.